The van der Waals surface area contributed by atoms with Gasteiger partial charge in [-0.15, -0.1) is 0 Å². The first kappa shape index (κ1) is 20.5. The normalized spacial score (nSPS) is 31.8. The van der Waals surface area contributed by atoms with Crippen molar-refractivity contribution in [1.82, 2.24) is 14.7 Å². The molecule has 8 heteroatoms. The second-order valence-corrected chi connectivity index (χ2v) is 8.38. The Morgan fingerprint density at radius 2 is 1.85 bits per heavy atom. The summed E-state index contributed by atoms with van der Waals surface area (Å²) in [5.74, 6) is -0.141. The molecule has 8 nitrogen and oxygen atoms in total. The molecule has 0 aliphatic carbocycles. The van der Waals surface area contributed by atoms with E-state index in [0.717, 1.165) is 71.6 Å². The molecule has 3 aliphatic rings. The van der Waals surface area contributed by atoms with E-state index in [1.807, 2.05) is 0 Å². The van der Waals surface area contributed by atoms with E-state index in [4.69, 9.17) is 9.47 Å². The maximum Gasteiger partial charge on any atom is 0.517 e. The highest BCUT2D eigenvalue weighted by molar-refractivity contribution is 5.69. The van der Waals surface area contributed by atoms with E-state index in [2.05, 4.69) is 28.8 Å². The number of piperazine rings is 1. The standard InChI is InChI=1S/C19H35N4O4/c1-20-9-6-16(7-10-20)23(2)15-17(27-19(23)25)22-13-11-21(12-14-22)8-4-5-18(24)26-3/h16-17H,4-15H2,1-3H3/q+1. The molecule has 3 saturated heterocycles. The predicted molar refractivity (Wildman–Crippen MR) is 101 cm³/mol. The van der Waals surface area contributed by atoms with Crippen molar-refractivity contribution in [3.8, 4) is 0 Å². The minimum atomic E-state index is -0.141. The largest absolute Gasteiger partial charge is 0.517 e. The summed E-state index contributed by atoms with van der Waals surface area (Å²) in [6.45, 7) is 7.50. The molecule has 0 aromatic heterocycles. The van der Waals surface area contributed by atoms with Crippen LogP contribution in [-0.2, 0) is 14.3 Å². The first-order valence-electron chi connectivity index (χ1n) is 10.2. The Morgan fingerprint density at radius 3 is 2.48 bits per heavy atom. The fourth-order valence-electron chi connectivity index (χ4n) is 4.55. The Balaban J connectivity index is 1.45. The lowest BCUT2D eigenvalue weighted by atomic mass is 10.0. The van der Waals surface area contributed by atoms with Gasteiger partial charge in [0.25, 0.3) is 0 Å². The molecule has 2 atom stereocenters. The van der Waals surface area contributed by atoms with Gasteiger partial charge in [-0.05, 0) is 20.0 Å². The van der Waals surface area contributed by atoms with E-state index in [9.17, 15) is 9.59 Å². The summed E-state index contributed by atoms with van der Waals surface area (Å²) in [4.78, 5) is 30.9. The number of carbonyl (C=O) groups excluding carboxylic acids is 2. The van der Waals surface area contributed by atoms with Gasteiger partial charge < -0.3 is 19.3 Å². The lowest BCUT2D eigenvalue weighted by Gasteiger charge is -2.39. The number of piperidine rings is 1. The molecule has 0 aromatic carbocycles. The second-order valence-electron chi connectivity index (χ2n) is 8.38. The van der Waals surface area contributed by atoms with Gasteiger partial charge in [-0.25, -0.2) is 4.48 Å². The minimum Gasteiger partial charge on any atom is -0.469 e. The van der Waals surface area contributed by atoms with Crippen LogP contribution < -0.4 is 0 Å². The Labute approximate surface area is 162 Å². The third-order valence-corrected chi connectivity index (χ3v) is 6.58. The van der Waals surface area contributed by atoms with Crippen molar-refractivity contribution in [2.45, 2.75) is 38.0 Å². The summed E-state index contributed by atoms with van der Waals surface area (Å²) < 4.78 is 10.9. The van der Waals surface area contributed by atoms with Crippen LogP contribution in [0.3, 0.4) is 0 Å². The highest BCUT2D eigenvalue weighted by Crippen LogP contribution is 2.30. The number of likely N-dealkylation sites (tertiary alicyclic amines) is 1. The van der Waals surface area contributed by atoms with Crippen LogP contribution in [0.4, 0.5) is 4.79 Å². The van der Waals surface area contributed by atoms with E-state index in [1.165, 1.54) is 7.11 Å². The number of amides is 1. The van der Waals surface area contributed by atoms with Gasteiger partial charge in [0.05, 0.1) is 14.2 Å². The third-order valence-electron chi connectivity index (χ3n) is 6.58. The molecule has 0 radical (unpaired) electrons. The van der Waals surface area contributed by atoms with E-state index < -0.39 is 0 Å². The van der Waals surface area contributed by atoms with Crippen LogP contribution >= 0.6 is 0 Å². The van der Waals surface area contributed by atoms with Crippen molar-refractivity contribution in [1.29, 1.82) is 0 Å². The topological polar surface area (TPSA) is 62.3 Å². The molecular weight excluding hydrogens is 348 g/mol. The number of cyclic esters (lactones) is 1. The first-order chi connectivity index (χ1) is 12.9. The van der Waals surface area contributed by atoms with Crippen LogP contribution in [0.1, 0.15) is 25.7 Å². The molecule has 3 aliphatic heterocycles. The Morgan fingerprint density at radius 1 is 1.19 bits per heavy atom. The third kappa shape index (κ3) is 4.80. The van der Waals surface area contributed by atoms with Crippen molar-refractivity contribution in [3.05, 3.63) is 0 Å². The van der Waals surface area contributed by atoms with Gasteiger partial charge in [-0.3, -0.25) is 9.69 Å². The molecule has 0 N–H and O–H groups in total. The number of esters is 1. The number of quaternary nitrogens is 1. The predicted octanol–water partition coefficient (Wildman–Crippen LogP) is 0.574. The van der Waals surface area contributed by atoms with Crippen LogP contribution in [0, 0.1) is 0 Å². The van der Waals surface area contributed by atoms with Crippen LogP contribution in [0.25, 0.3) is 0 Å². The number of ether oxygens (including phenoxy) is 2. The van der Waals surface area contributed by atoms with Gasteiger partial charge >= 0.3 is 12.1 Å². The summed E-state index contributed by atoms with van der Waals surface area (Å²) in [6.07, 6.45) is 3.26. The zero-order valence-electron chi connectivity index (χ0n) is 17.1. The van der Waals surface area contributed by atoms with Crippen LogP contribution in [0.2, 0.25) is 0 Å². The molecule has 0 spiro atoms. The number of methoxy groups -OCH3 is 1. The summed E-state index contributed by atoms with van der Waals surface area (Å²) >= 11 is 0. The highest BCUT2D eigenvalue weighted by Gasteiger charge is 2.53. The lowest BCUT2D eigenvalue weighted by Crippen LogP contribution is -2.58. The van der Waals surface area contributed by atoms with Crippen LogP contribution in [-0.4, -0.2) is 117 Å². The molecule has 3 heterocycles. The monoisotopic (exact) mass is 383 g/mol. The van der Waals surface area contributed by atoms with Gasteiger partial charge in [0.1, 0.15) is 12.6 Å². The zero-order valence-corrected chi connectivity index (χ0v) is 17.1. The fraction of sp³-hybridized carbons (Fsp3) is 0.895. The van der Waals surface area contributed by atoms with Crippen molar-refractivity contribution in [2.24, 2.45) is 0 Å². The maximum absolute atomic E-state index is 12.7. The second kappa shape index (κ2) is 8.86. The average Bonchev–Trinajstić information content (AvgIpc) is 2.98. The zero-order chi connectivity index (χ0) is 19.4. The first-order valence-corrected chi connectivity index (χ1v) is 10.2. The van der Waals surface area contributed by atoms with Gasteiger partial charge in [-0.1, -0.05) is 0 Å². The van der Waals surface area contributed by atoms with Gasteiger partial charge in [0, 0.05) is 58.5 Å². The van der Waals surface area contributed by atoms with Gasteiger partial charge in [0.15, 0.2) is 0 Å². The Hall–Kier alpha value is -1.22. The van der Waals surface area contributed by atoms with Crippen LogP contribution in [0.15, 0.2) is 0 Å². The average molecular weight is 384 g/mol. The fourth-order valence-corrected chi connectivity index (χ4v) is 4.55. The highest BCUT2D eigenvalue weighted by atomic mass is 16.6. The Kier molecular flexibility index (Phi) is 6.73. The number of hydrogen-bond acceptors (Lipinski definition) is 7. The summed E-state index contributed by atoms with van der Waals surface area (Å²) in [5.41, 5.74) is 0. The van der Waals surface area contributed by atoms with Gasteiger partial charge in [0.2, 0.25) is 6.23 Å². The van der Waals surface area contributed by atoms with Crippen molar-refractivity contribution in [2.75, 3.05) is 73.6 Å². The molecule has 0 saturated carbocycles. The molecule has 0 aromatic rings. The lowest BCUT2D eigenvalue weighted by molar-refractivity contribution is -0.852. The smallest absolute Gasteiger partial charge is 0.469 e. The van der Waals surface area contributed by atoms with Gasteiger partial charge in [-0.2, -0.15) is 4.79 Å². The van der Waals surface area contributed by atoms with E-state index >= 15 is 0 Å². The molecule has 0 bridgehead atoms. The molecule has 3 fully saturated rings. The number of rotatable bonds is 6. The number of hydrogen-bond donors (Lipinski definition) is 0. The van der Waals surface area contributed by atoms with Crippen LogP contribution in [0.5, 0.6) is 0 Å². The number of nitrogens with zero attached hydrogens (tertiary/aromatic N) is 4. The quantitative estimate of drug-likeness (QED) is 0.491. The number of carbonyl (C=O) groups is 2. The molecule has 1 amide bonds. The summed E-state index contributed by atoms with van der Waals surface area (Å²) in [5, 5.41) is 0. The molecule has 154 valence electrons. The Bertz CT molecular complexity index is 530. The molecule has 3 rings (SSSR count). The molecule has 2 unspecified atom stereocenters. The van der Waals surface area contributed by atoms with E-state index in [-0.39, 0.29) is 18.3 Å². The summed E-state index contributed by atoms with van der Waals surface area (Å²) in [6, 6.07) is 0.373. The number of likely N-dealkylation sites (N-methyl/N-ethyl adjacent to an activating group) is 1. The maximum atomic E-state index is 12.7. The SMILES string of the molecule is COC(=O)CCCN1CCN(C2C[N+](C)(C3CCN(C)CC3)C(=O)O2)CC1. The van der Waals surface area contributed by atoms with E-state index in [0.29, 0.717) is 16.9 Å². The summed E-state index contributed by atoms with van der Waals surface area (Å²) in [7, 11) is 5.63. The van der Waals surface area contributed by atoms with E-state index in [1.54, 1.807) is 0 Å². The minimum absolute atomic E-state index is 0.0601. The van der Waals surface area contributed by atoms with Crippen molar-refractivity contribution >= 4 is 12.1 Å². The molecular formula is C19H35N4O4+. The van der Waals surface area contributed by atoms with Crippen molar-refractivity contribution < 1.29 is 23.5 Å². The molecule has 27 heavy (non-hydrogen) atoms. The van der Waals surface area contributed by atoms with Crippen molar-refractivity contribution in [3.63, 3.8) is 0 Å².